The highest BCUT2D eigenvalue weighted by atomic mass is 16.4. The standard InChI is InChI=1S/C15H21N3O2/c1-10(7-14(16)17-20)18(2)15(19)13-8-11-5-3-4-6-12(11)9-13/h3-6,10,13,20H,7-9H2,1-2H3,(H2,16,17). The van der Waals surface area contributed by atoms with Crippen LogP contribution in [-0.4, -0.2) is 34.9 Å². The Morgan fingerprint density at radius 1 is 1.45 bits per heavy atom. The summed E-state index contributed by atoms with van der Waals surface area (Å²) < 4.78 is 0. The Morgan fingerprint density at radius 3 is 2.50 bits per heavy atom. The molecule has 2 rings (SSSR count). The van der Waals surface area contributed by atoms with Gasteiger partial charge >= 0.3 is 0 Å². The van der Waals surface area contributed by atoms with Gasteiger partial charge in [-0.15, -0.1) is 0 Å². The van der Waals surface area contributed by atoms with Crippen molar-refractivity contribution in [2.24, 2.45) is 16.8 Å². The minimum Gasteiger partial charge on any atom is -0.409 e. The zero-order valence-corrected chi connectivity index (χ0v) is 11.9. The molecular formula is C15H21N3O2. The number of hydrogen-bond donors (Lipinski definition) is 2. The van der Waals surface area contributed by atoms with E-state index in [9.17, 15) is 4.79 Å². The number of carbonyl (C=O) groups is 1. The van der Waals surface area contributed by atoms with E-state index in [0.717, 1.165) is 12.8 Å². The van der Waals surface area contributed by atoms with Gasteiger partial charge in [0, 0.05) is 25.4 Å². The summed E-state index contributed by atoms with van der Waals surface area (Å²) in [6.07, 6.45) is 1.98. The van der Waals surface area contributed by atoms with Gasteiger partial charge in [-0.05, 0) is 30.9 Å². The van der Waals surface area contributed by atoms with Crippen LogP contribution in [-0.2, 0) is 17.6 Å². The zero-order chi connectivity index (χ0) is 14.7. The molecule has 1 aliphatic carbocycles. The normalized spacial score (nSPS) is 16.8. The smallest absolute Gasteiger partial charge is 0.226 e. The number of hydrogen-bond acceptors (Lipinski definition) is 3. The van der Waals surface area contributed by atoms with E-state index in [2.05, 4.69) is 17.3 Å². The minimum absolute atomic E-state index is 0.00661. The Kier molecular flexibility index (Phi) is 4.27. The highest BCUT2D eigenvalue weighted by Crippen LogP contribution is 2.28. The molecule has 0 bridgehead atoms. The third-order valence-corrected chi connectivity index (χ3v) is 4.04. The molecule has 1 atom stereocenters. The highest BCUT2D eigenvalue weighted by Gasteiger charge is 2.30. The monoisotopic (exact) mass is 275 g/mol. The average Bonchev–Trinajstić information content (AvgIpc) is 2.89. The number of amides is 1. The molecule has 20 heavy (non-hydrogen) atoms. The number of fused-ring (bicyclic) bond motifs is 1. The fraction of sp³-hybridized carbons (Fsp3) is 0.467. The quantitative estimate of drug-likeness (QED) is 0.377. The molecule has 108 valence electrons. The molecular weight excluding hydrogens is 254 g/mol. The van der Waals surface area contributed by atoms with Gasteiger partial charge in [-0.25, -0.2) is 0 Å². The maximum Gasteiger partial charge on any atom is 0.226 e. The van der Waals surface area contributed by atoms with Gasteiger partial charge < -0.3 is 15.8 Å². The van der Waals surface area contributed by atoms with Crippen LogP contribution in [0.15, 0.2) is 29.4 Å². The van der Waals surface area contributed by atoms with Gasteiger partial charge in [0.2, 0.25) is 5.91 Å². The Bertz CT molecular complexity index is 503. The molecule has 1 aliphatic rings. The summed E-state index contributed by atoms with van der Waals surface area (Å²) in [5.41, 5.74) is 8.03. The number of nitrogens with two attached hydrogens (primary N) is 1. The van der Waals surface area contributed by atoms with Gasteiger partial charge in [-0.2, -0.15) is 0 Å². The van der Waals surface area contributed by atoms with Gasteiger partial charge in [0.15, 0.2) is 0 Å². The van der Waals surface area contributed by atoms with Crippen molar-refractivity contribution in [3.63, 3.8) is 0 Å². The third kappa shape index (κ3) is 2.92. The number of carbonyl (C=O) groups excluding carboxylic acids is 1. The molecule has 0 aromatic heterocycles. The second kappa shape index (κ2) is 5.94. The lowest BCUT2D eigenvalue weighted by Gasteiger charge is -2.27. The molecule has 1 unspecified atom stereocenters. The first-order valence-electron chi connectivity index (χ1n) is 6.82. The van der Waals surface area contributed by atoms with Gasteiger partial charge in [0.1, 0.15) is 5.84 Å². The predicted octanol–water partition coefficient (Wildman–Crippen LogP) is 1.38. The Balaban J connectivity index is 1.99. The topological polar surface area (TPSA) is 78.9 Å². The summed E-state index contributed by atoms with van der Waals surface area (Å²) in [7, 11) is 1.78. The molecule has 0 saturated carbocycles. The fourth-order valence-corrected chi connectivity index (χ4v) is 2.72. The van der Waals surface area contributed by atoms with Crippen molar-refractivity contribution in [3.8, 4) is 0 Å². The zero-order valence-electron chi connectivity index (χ0n) is 11.9. The number of oxime groups is 1. The highest BCUT2D eigenvalue weighted by molar-refractivity contribution is 5.83. The van der Waals surface area contributed by atoms with Crippen LogP contribution in [0.1, 0.15) is 24.5 Å². The Morgan fingerprint density at radius 2 is 2.00 bits per heavy atom. The molecule has 5 heteroatoms. The van der Waals surface area contributed by atoms with Crippen LogP contribution in [0.3, 0.4) is 0 Å². The van der Waals surface area contributed by atoms with Crippen molar-refractivity contribution < 1.29 is 10.0 Å². The predicted molar refractivity (Wildman–Crippen MR) is 77.6 cm³/mol. The number of nitrogens with zero attached hydrogens (tertiary/aromatic N) is 2. The van der Waals surface area contributed by atoms with Crippen molar-refractivity contribution in [2.75, 3.05) is 7.05 Å². The van der Waals surface area contributed by atoms with E-state index in [0.29, 0.717) is 6.42 Å². The molecule has 1 aromatic carbocycles. The fourth-order valence-electron chi connectivity index (χ4n) is 2.72. The van der Waals surface area contributed by atoms with Crippen molar-refractivity contribution >= 4 is 11.7 Å². The van der Waals surface area contributed by atoms with Crippen LogP contribution in [0, 0.1) is 5.92 Å². The lowest BCUT2D eigenvalue weighted by Crippen LogP contribution is -2.41. The molecule has 0 saturated heterocycles. The second-order valence-electron chi connectivity index (χ2n) is 5.47. The number of amidine groups is 1. The first kappa shape index (κ1) is 14.4. The minimum atomic E-state index is -0.0814. The summed E-state index contributed by atoms with van der Waals surface area (Å²) in [6.45, 7) is 1.90. The number of benzene rings is 1. The SMILES string of the molecule is CC(C/C(N)=N/O)N(C)C(=O)C1Cc2ccccc2C1. The lowest BCUT2D eigenvalue weighted by atomic mass is 10.0. The molecule has 0 fully saturated rings. The van der Waals surface area contributed by atoms with Crippen LogP contribution in [0.25, 0.3) is 0 Å². The van der Waals surface area contributed by atoms with E-state index in [1.807, 2.05) is 19.1 Å². The largest absolute Gasteiger partial charge is 0.409 e. The molecule has 0 heterocycles. The summed E-state index contributed by atoms with van der Waals surface area (Å²) in [4.78, 5) is 14.2. The molecule has 0 aliphatic heterocycles. The molecule has 1 amide bonds. The van der Waals surface area contributed by atoms with E-state index in [-0.39, 0.29) is 23.7 Å². The second-order valence-corrected chi connectivity index (χ2v) is 5.47. The number of rotatable bonds is 4. The summed E-state index contributed by atoms with van der Waals surface area (Å²) in [6, 6.07) is 8.11. The van der Waals surface area contributed by atoms with Crippen molar-refractivity contribution in [1.29, 1.82) is 0 Å². The molecule has 0 radical (unpaired) electrons. The van der Waals surface area contributed by atoms with Crippen molar-refractivity contribution in [3.05, 3.63) is 35.4 Å². The first-order chi connectivity index (χ1) is 9.52. The van der Waals surface area contributed by atoms with Crippen LogP contribution >= 0.6 is 0 Å². The van der Waals surface area contributed by atoms with Crippen LogP contribution < -0.4 is 5.73 Å². The van der Waals surface area contributed by atoms with E-state index >= 15 is 0 Å². The summed E-state index contributed by atoms with van der Waals surface area (Å²) in [5.74, 6) is 0.276. The maximum absolute atomic E-state index is 12.5. The molecule has 1 aromatic rings. The Hall–Kier alpha value is -2.04. The van der Waals surface area contributed by atoms with E-state index < -0.39 is 0 Å². The van der Waals surface area contributed by atoms with Gasteiger partial charge in [0.25, 0.3) is 0 Å². The molecule has 5 nitrogen and oxygen atoms in total. The van der Waals surface area contributed by atoms with Crippen molar-refractivity contribution in [2.45, 2.75) is 32.2 Å². The van der Waals surface area contributed by atoms with Crippen LogP contribution in [0.4, 0.5) is 0 Å². The van der Waals surface area contributed by atoms with Gasteiger partial charge in [-0.3, -0.25) is 4.79 Å². The van der Waals surface area contributed by atoms with E-state index in [1.165, 1.54) is 11.1 Å². The first-order valence-corrected chi connectivity index (χ1v) is 6.82. The lowest BCUT2D eigenvalue weighted by molar-refractivity contribution is -0.135. The average molecular weight is 275 g/mol. The maximum atomic E-state index is 12.5. The summed E-state index contributed by atoms with van der Waals surface area (Å²) >= 11 is 0. The Labute approximate surface area is 119 Å². The summed E-state index contributed by atoms with van der Waals surface area (Å²) in [5, 5.41) is 11.6. The molecule has 3 N–H and O–H groups in total. The third-order valence-electron chi connectivity index (χ3n) is 4.04. The molecule has 0 spiro atoms. The van der Waals surface area contributed by atoms with Crippen molar-refractivity contribution in [1.82, 2.24) is 4.90 Å². The van der Waals surface area contributed by atoms with Gasteiger partial charge in [0.05, 0.1) is 0 Å². The van der Waals surface area contributed by atoms with Gasteiger partial charge in [-0.1, -0.05) is 29.4 Å². The van der Waals surface area contributed by atoms with E-state index in [1.54, 1.807) is 11.9 Å². The van der Waals surface area contributed by atoms with Crippen LogP contribution in [0.5, 0.6) is 0 Å². The van der Waals surface area contributed by atoms with E-state index in [4.69, 9.17) is 10.9 Å². The van der Waals surface area contributed by atoms with Crippen LogP contribution in [0.2, 0.25) is 0 Å².